The number of hydrogen-bond donors (Lipinski definition) is 5. The Balaban J connectivity index is 1.61. The van der Waals surface area contributed by atoms with Crippen molar-refractivity contribution in [3.05, 3.63) is 12.7 Å². The summed E-state index contributed by atoms with van der Waals surface area (Å²) in [5.41, 5.74) is 9.08. The van der Waals surface area contributed by atoms with Crippen LogP contribution < -0.4 is 5.73 Å². The fourth-order valence-corrected chi connectivity index (χ4v) is 5.50. The third-order valence-corrected chi connectivity index (χ3v) is 7.88. The van der Waals surface area contributed by atoms with E-state index in [-0.39, 0.29) is 17.0 Å². The molecule has 3 rings (SSSR count). The average Bonchev–Trinajstić information content (AvgIpc) is 3.25. The summed E-state index contributed by atoms with van der Waals surface area (Å²) >= 11 is 0. The fraction of sp³-hybridized carbons (Fsp3) is 0.562. The van der Waals surface area contributed by atoms with E-state index in [1.807, 2.05) is 19.6 Å². The number of rotatable bonds is 8. The van der Waals surface area contributed by atoms with E-state index >= 15 is 0 Å². The van der Waals surface area contributed by atoms with Gasteiger partial charge in [-0.1, -0.05) is 25.6 Å². The second-order valence-electron chi connectivity index (χ2n) is 8.27. The van der Waals surface area contributed by atoms with Gasteiger partial charge in [0.15, 0.2) is 17.7 Å². The number of aliphatic hydroxyl groups is 2. The van der Waals surface area contributed by atoms with Crippen molar-refractivity contribution >= 4 is 40.7 Å². The van der Waals surface area contributed by atoms with Gasteiger partial charge in [0.05, 0.1) is 12.9 Å². The molecule has 1 saturated heterocycles. The van der Waals surface area contributed by atoms with Gasteiger partial charge in [0.2, 0.25) is 0 Å². The highest BCUT2D eigenvalue weighted by atomic mass is 31.3. The zero-order valence-electron chi connectivity index (χ0n) is 18.4. The second kappa shape index (κ2) is 10.1. The molecule has 2 aromatic rings. The summed E-state index contributed by atoms with van der Waals surface area (Å²) in [7, 11) is -11.9. The molecule has 0 aliphatic carbocycles. The SMILES string of the molecule is C[Si](C)(C)C#CCOP(=O)(O)OP(=O)(O)OC[C@H]1O[C@@H](n2cnc3c(N)ncnc32)[C@H](O)[C@@H]1O. The van der Waals surface area contributed by atoms with Crippen LogP contribution in [0.2, 0.25) is 19.6 Å². The van der Waals surface area contributed by atoms with Crippen molar-refractivity contribution in [3.63, 3.8) is 0 Å². The molecule has 18 heteroatoms. The molecule has 1 aliphatic heterocycles. The number of fused-ring (bicyclic) bond motifs is 1. The van der Waals surface area contributed by atoms with Gasteiger partial charge in [0.25, 0.3) is 0 Å². The molecule has 34 heavy (non-hydrogen) atoms. The molecule has 0 bridgehead atoms. The molecule has 188 valence electrons. The van der Waals surface area contributed by atoms with Crippen molar-refractivity contribution in [2.45, 2.75) is 44.2 Å². The van der Waals surface area contributed by atoms with Gasteiger partial charge in [0, 0.05) is 0 Å². The molecule has 6 atom stereocenters. The minimum atomic E-state index is -5.13. The van der Waals surface area contributed by atoms with E-state index in [4.69, 9.17) is 10.5 Å². The first-order valence-corrected chi connectivity index (χ1v) is 16.3. The molecular formula is C16H25N5O10P2Si. The standard InChI is InChI=1S/C16H25N5O10P2Si/c1-34(2,3)6-4-5-28-32(24,25)31-33(26,27)29-7-10-12(22)13(23)16(30-10)21-9-20-11-14(17)18-8-19-15(11)21/h8-10,12-13,16,22-23H,5,7H2,1-3H3,(H,24,25)(H,26,27)(H2,17,18,19)/t10-,12-,13-,16-/m1/s1. The molecule has 15 nitrogen and oxygen atoms in total. The summed E-state index contributed by atoms with van der Waals surface area (Å²) in [6.07, 6.45) is -3.13. The number of phosphoric ester groups is 2. The third-order valence-electron chi connectivity index (χ3n) is 4.37. The average molecular weight is 537 g/mol. The second-order valence-corrected chi connectivity index (χ2v) is 16.1. The minimum absolute atomic E-state index is 0.0946. The van der Waals surface area contributed by atoms with E-state index in [2.05, 4.69) is 39.8 Å². The number of hydrogen-bond acceptors (Lipinski definition) is 12. The molecule has 0 spiro atoms. The van der Waals surface area contributed by atoms with Crippen LogP contribution in [-0.4, -0.2) is 79.1 Å². The van der Waals surface area contributed by atoms with Gasteiger partial charge in [-0.2, -0.15) is 4.31 Å². The maximum Gasteiger partial charge on any atom is 0.482 e. The third kappa shape index (κ3) is 6.69. The first-order valence-electron chi connectivity index (χ1n) is 9.80. The lowest BCUT2D eigenvalue weighted by atomic mass is 10.1. The number of aliphatic hydroxyl groups excluding tert-OH is 2. The minimum Gasteiger partial charge on any atom is -0.387 e. The lowest BCUT2D eigenvalue weighted by Gasteiger charge is -2.18. The van der Waals surface area contributed by atoms with Gasteiger partial charge >= 0.3 is 15.6 Å². The molecular weight excluding hydrogens is 512 g/mol. The Morgan fingerprint density at radius 3 is 2.50 bits per heavy atom. The van der Waals surface area contributed by atoms with Crippen molar-refractivity contribution in [1.82, 2.24) is 19.5 Å². The number of imidazole rings is 1. The molecule has 2 unspecified atom stereocenters. The lowest BCUT2D eigenvalue weighted by Crippen LogP contribution is -2.33. The molecule has 1 fully saturated rings. The predicted molar refractivity (Wildman–Crippen MR) is 119 cm³/mol. The van der Waals surface area contributed by atoms with Gasteiger partial charge < -0.3 is 30.5 Å². The van der Waals surface area contributed by atoms with Crippen LogP contribution in [0.5, 0.6) is 0 Å². The Morgan fingerprint density at radius 2 is 1.82 bits per heavy atom. The summed E-state index contributed by atoms with van der Waals surface area (Å²) in [5.74, 6) is 2.64. The zero-order chi connectivity index (χ0) is 25.3. The fourth-order valence-electron chi connectivity index (χ4n) is 2.91. The smallest absolute Gasteiger partial charge is 0.387 e. The molecule has 0 aromatic carbocycles. The number of anilines is 1. The summed E-state index contributed by atoms with van der Waals surface area (Å²) in [4.78, 5) is 31.3. The van der Waals surface area contributed by atoms with Crippen molar-refractivity contribution in [2.75, 3.05) is 18.9 Å². The normalized spacial score (nSPS) is 26.6. The Kier molecular flexibility index (Phi) is 7.98. The maximum atomic E-state index is 12.1. The number of nitrogens with two attached hydrogens (primary N) is 1. The summed E-state index contributed by atoms with van der Waals surface area (Å²) < 4.78 is 44.3. The van der Waals surface area contributed by atoms with Crippen molar-refractivity contribution in [3.8, 4) is 11.5 Å². The first-order chi connectivity index (χ1) is 15.7. The van der Waals surface area contributed by atoms with Gasteiger partial charge in [-0.05, 0) is 0 Å². The summed E-state index contributed by atoms with van der Waals surface area (Å²) in [6, 6.07) is 0. The molecule has 1 aliphatic rings. The van der Waals surface area contributed by atoms with Crippen LogP contribution in [0.4, 0.5) is 5.82 Å². The number of nitrogen functional groups attached to an aromatic ring is 1. The lowest BCUT2D eigenvalue weighted by molar-refractivity contribution is -0.0503. The Labute approximate surface area is 195 Å². The van der Waals surface area contributed by atoms with E-state index in [0.717, 1.165) is 0 Å². The van der Waals surface area contributed by atoms with Gasteiger partial charge in [-0.25, -0.2) is 24.1 Å². The Morgan fingerprint density at radius 1 is 1.15 bits per heavy atom. The van der Waals surface area contributed by atoms with Crippen molar-refractivity contribution < 1.29 is 47.2 Å². The first kappa shape index (κ1) is 26.9. The number of ether oxygens (including phenoxy) is 1. The van der Waals surface area contributed by atoms with E-state index < -0.39 is 61.5 Å². The number of nitrogens with zero attached hydrogens (tertiary/aromatic N) is 4. The number of aromatic nitrogens is 4. The molecule has 0 radical (unpaired) electrons. The van der Waals surface area contributed by atoms with E-state index in [9.17, 15) is 29.1 Å². The molecule has 0 saturated carbocycles. The van der Waals surface area contributed by atoms with Crippen LogP contribution in [-0.2, 0) is 27.2 Å². The van der Waals surface area contributed by atoms with Crippen LogP contribution in [0.15, 0.2) is 12.7 Å². The van der Waals surface area contributed by atoms with E-state index in [0.29, 0.717) is 0 Å². The van der Waals surface area contributed by atoms with Crippen LogP contribution in [0.25, 0.3) is 11.2 Å². The summed E-state index contributed by atoms with van der Waals surface area (Å²) in [5, 5.41) is 20.7. The quantitative estimate of drug-likeness (QED) is 0.172. The van der Waals surface area contributed by atoms with Crippen LogP contribution in [0.3, 0.4) is 0 Å². The Hall–Kier alpha value is -1.73. The van der Waals surface area contributed by atoms with Crippen LogP contribution >= 0.6 is 15.6 Å². The summed E-state index contributed by atoms with van der Waals surface area (Å²) in [6.45, 7) is 4.57. The van der Waals surface area contributed by atoms with Crippen LogP contribution in [0.1, 0.15) is 6.23 Å². The highest BCUT2D eigenvalue weighted by Crippen LogP contribution is 2.60. The highest BCUT2D eigenvalue weighted by molar-refractivity contribution is 7.61. The van der Waals surface area contributed by atoms with Crippen molar-refractivity contribution in [1.29, 1.82) is 0 Å². The monoisotopic (exact) mass is 537 g/mol. The topological polar surface area (TPSA) is 222 Å². The van der Waals surface area contributed by atoms with Crippen molar-refractivity contribution in [2.24, 2.45) is 0 Å². The van der Waals surface area contributed by atoms with Crippen LogP contribution in [0, 0.1) is 11.5 Å². The predicted octanol–water partition coefficient (Wildman–Crippen LogP) is 0.159. The van der Waals surface area contributed by atoms with Gasteiger partial charge in [-0.15, -0.1) is 5.54 Å². The van der Waals surface area contributed by atoms with Gasteiger partial charge in [-0.3, -0.25) is 13.6 Å². The maximum absolute atomic E-state index is 12.1. The molecule has 2 aromatic heterocycles. The molecule has 3 heterocycles. The highest BCUT2D eigenvalue weighted by Gasteiger charge is 2.46. The molecule has 0 amide bonds. The zero-order valence-corrected chi connectivity index (χ0v) is 21.2. The Bertz CT molecular complexity index is 1190. The van der Waals surface area contributed by atoms with E-state index in [1.165, 1.54) is 17.2 Å². The largest absolute Gasteiger partial charge is 0.482 e. The molecule has 6 N–H and O–H groups in total. The number of phosphoric acid groups is 2. The van der Waals surface area contributed by atoms with Gasteiger partial charge in [0.1, 0.15) is 44.8 Å². The van der Waals surface area contributed by atoms with E-state index in [1.54, 1.807) is 0 Å².